The first-order valence-corrected chi connectivity index (χ1v) is 4.75. The Balaban J connectivity index is 2.36. The monoisotopic (exact) mass is 211 g/mol. The molecule has 0 aromatic rings. The Kier molecular flexibility index (Phi) is 3.42. The van der Waals surface area contributed by atoms with Crippen molar-refractivity contribution in [3.8, 4) is 0 Å². The minimum Gasteiger partial charge on any atom is -0.385 e. The van der Waals surface area contributed by atoms with Gasteiger partial charge in [-0.05, 0) is 26.2 Å². The third-order valence-electron chi connectivity index (χ3n) is 2.57. The van der Waals surface area contributed by atoms with E-state index in [1.165, 1.54) is 0 Å². The molecule has 1 N–H and O–H groups in total. The fourth-order valence-electron chi connectivity index (χ4n) is 1.47. The minimum atomic E-state index is -4.12. The fraction of sp³-hybridized carbons (Fsp3) is 1.00. The first-order chi connectivity index (χ1) is 6.41. The zero-order valence-electron chi connectivity index (χ0n) is 8.45. The lowest BCUT2D eigenvalue weighted by atomic mass is 10.2. The molecule has 0 amide bonds. The largest absolute Gasteiger partial charge is 0.406 e. The van der Waals surface area contributed by atoms with Crippen molar-refractivity contribution in [2.75, 3.05) is 13.7 Å². The molecule has 0 heterocycles. The van der Waals surface area contributed by atoms with Gasteiger partial charge in [-0.3, -0.25) is 0 Å². The summed E-state index contributed by atoms with van der Waals surface area (Å²) < 4.78 is 42.3. The second-order valence-electron chi connectivity index (χ2n) is 3.91. The summed E-state index contributed by atoms with van der Waals surface area (Å²) in [6.45, 7) is 2.24. The third-order valence-corrected chi connectivity index (χ3v) is 2.57. The van der Waals surface area contributed by atoms with Crippen LogP contribution in [-0.2, 0) is 4.74 Å². The summed E-state index contributed by atoms with van der Waals surface area (Å²) in [4.78, 5) is 0. The van der Waals surface area contributed by atoms with Crippen LogP contribution in [0.15, 0.2) is 0 Å². The summed E-state index contributed by atoms with van der Waals surface area (Å²) in [6.07, 6.45) is -3.11. The van der Waals surface area contributed by atoms with Crippen molar-refractivity contribution in [3.63, 3.8) is 0 Å². The predicted molar refractivity (Wildman–Crippen MR) is 47.1 cm³/mol. The number of hydrogen-bond donors (Lipinski definition) is 1. The van der Waals surface area contributed by atoms with E-state index in [2.05, 4.69) is 5.32 Å². The Morgan fingerprint density at radius 2 is 2.00 bits per heavy atom. The molecule has 0 aromatic carbocycles. The Morgan fingerprint density at radius 1 is 1.43 bits per heavy atom. The van der Waals surface area contributed by atoms with Gasteiger partial charge in [0.15, 0.2) is 0 Å². The SMILES string of the molecule is COCCC(C)NC1(C(F)(F)F)CC1. The van der Waals surface area contributed by atoms with Crippen molar-refractivity contribution in [2.24, 2.45) is 0 Å². The molecule has 1 fully saturated rings. The zero-order chi connectivity index (χ0) is 10.8. The van der Waals surface area contributed by atoms with E-state index in [4.69, 9.17) is 4.74 Å². The van der Waals surface area contributed by atoms with E-state index in [0.29, 0.717) is 13.0 Å². The molecule has 0 saturated heterocycles. The predicted octanol–water partition coefficient (Wildman–Crippen LogP) is 2.10. The van der Waals surface area contributed by atoms with Gasteiger partial charge in [0, 0.05) is 19.8 Å². The van der Waals surface area contributed by atoms with Crippen molar-refractivity contribution < 1.29 is 17.9 Å². The molecule has 84 valence electrons. The van der Waals surface area contributed by atoms with Crippen molar-refractivity contribution in [1.29, 1.82) is 0 Å². The van der Waals surface area contributed by atoms with E-state index in [1.54, 1.807) is 14.0 Å². The highest BCUT2D eigenvalue weighted by molar-refractivity contribution is 5.08. The lowest BCUT2D eigenvalue weighted by Crippen LogP contribution is -2.49. The molecule has 14 heavy (non-hydrogen) atoms. The van der Waals surface area contributed by atoms with Crippen molar-refractivity contribution >= 4 is 0 Å². The van der Waals surface area contributed by atoms with Gasteiger partial charge < -0.3 is 10.1 Å². The first-order valence-electron chi connectivity index (χ1n) is 4.75. The van der Waals surface area contributed by atoms with Gasteiger partial charge >= 0.3 is 6.18 Å². The van der Waals surface area contributed by atoms with Crippen molar-refractivity contribution in [3.05, 3.63) is 0 Å². The summed E-state index contributed by atoms with van der Waals surface area (Å²) in [7, 11) is 1.55. The molecule has 0 aromatic heterocycles. The molecule has 1 unspecified atom stereocenters. The summed E-state index contributed by atoms with van der Waals surface area (Å²) in [5, 5.41) is 2.64. The summed E-state index contributed by atoms with van der Waals surface area (Å²) in [5.41, 5.74) is -1.60. The molecule has 1 saturated carbocycles. The van der Waals surface area contributed by atoms with E-state index in [-0.39, 0.29) is 18.9 Å². The lowest BCUT2D eigenvalue weighted by Gasteiger charge is -2.25. The fourth-order valence-corrected chi connectivity index (χ4v) is 1.47. The van der Waals surface area contributed by atoms with Gasteiger partial charge in [-0.2, -0.15) is 13.2 Å². The molecule has 5 heteroatoms. The Labute approximate surface area is 81.8 Å². The van der Waals surface area contributed by atoms with Crippen LogP contribution in [0, 0.1) is 0 Å². The number of hydrogen-bond acceptors (Lipinski definition) is 2. The Hall–Kier alpha value is -0.290. The number of ether oxygens (including phenoxy) is 1. The molecule has 0 aliphatic heterocycles. The van der Waals surface area contributed by atoms with E-state index < -0.39 is 11.7 Å². The van der Waals surface area contributed by atoms with Crippen LogP contribution in [0.2, 0.25) is 0 Å². The number of methoxy groups -OCH3 is 1. The third kappa shape index (κ3) is 2.60. The molecule has 0 radical (unpaired) electrons. The number of rotatable bonds is 5. The van der Waals surface area contributed by atoms with Crippen LogP contribution in [0.1, 0.15) is 26.2 Å². The number of halogens is 3. The standard InChI is InChI=1S/C9H16F3NO/c1-7(3-6-14-2)13-8(4-5-8)9(10,11)12/h7,13H,3-6H2,1-2H3. The van der Waals surface area contributed by atoms with E-state index in [9.17, 15) is 13.2 Å². The normalized spacial score (nSPS) is 22.1. The van der Waals surface area contributed by atoms with E-state index in [0.717, 1.165) is 0 Å². The molecule has 1 aliphatic carbocycles. The topological polar surface area (TPSA) is 21.3 Å². The van der Waals surface area contributed by atoms with Gasteiger partial charge in [-0.25, -0.2) is 0 Å². The highest BCUT2D eigenvalue weighted by Gasteiger charge is 2.63. The minimum absolute atomic E-state index is 0.154. The number of alkyl halides is 3. The molecule has 1 atom stereocenters. The van der Waals surface area contributed by atoms with Gasteiger partial charge in [0.25, 0.3) is 0 Å². The van der Waals surface area contributed by atoms with E-state index >= 15 is 0 Å². The molecule has 1 aliphatic rings. The Morgan fingerprint density at radius 3 is 2.36 bits per heavy atom. The number of nitrogens with one attached hydrogen (secondary N) is 1. The molecule has 1 rings (SSSR count). The zero-order valence-corrected chi connectivity index (χ0v) is 8.45. The highest BCUT2D eigenvalue weighted by atomic mass is 19.4. The average Bonchev–Trinajstić information content (AvgIpc) is 2.80. The van der Waals surface area contributed by atoms with Gasteiger partial charge in [0.1, 0.15) is 5.54 Å². The first kappa shape index (κ1) is 11.8. The summed E-state index contributed by atoms with van der Waals surface area (Å²) in [6, 6.07) is -0.154. The van der Waals surface area contributed by atoms with Crippen molar-refractivity contribution in [2.45, 2.75) is 43.9 Å². The van der Waals surface area contributed by atoms with E-state index in [1.807, 2.05) is 0 Å². The molecule has 0 spiro atoms. The van der Waals surface area contributed by atoms with Crippen molar-refractivity contribution in [1.82, 2.24) is 5.32 Å². The molecular weight excluding hydrogens is 195 g/mol. The van der Waals surface area contributed by atoms with Gasteiger partial charge in [-0.1, -0.05) is 0 Å². The van der Waals surface area contributed by atoms with Crippen LogP contribution in [-0.4, -0.2) is 31.5 Å². The van der Waals surface area contributed by atoms with Crippen LogP contribution in [0.3, 0.4) is 0 Å². The molecule has 2 nitrogen and oxygen atoms in total. The maximum atomic E-state index is 12.5. The summed E-state index contributed by atoms with van der Waals surface area (Å²) in [5.74, 6) is 0. The Bertz CT molecular complexity index is 189. The van der Waals surface area contributed by atoms with Gasteiger partial charge in [0.05, 0.1) is 0 Å². The van der Waals surface area contributed by atoms with Crippen LogP contribution in [0.25, 0.3) is 0 Å². The van der Waals surface area contributed by atoms with Gasteiger partial charge in [0.2, 0.25) is 0 Å². The summed E-state index contributed by atoms with van der Waals surface area (Å²) >= 11 is 0. The second-order valence-corrected chi connectivity index (χ2v) is 3.91. The second kappa shape index (κ2) is 4.06. The van der Waals surface area contributed by atoms with Crippen LogP contribution in [0.4, 0.5) is 13.2 Å². The molecular formula is C9H16F3NO. The van der Waals surface area contributed by atoms with Crippen LogP contribution < -0.4 is 5.32 Å². The average molecular weight is 211 g/mol. The van der Waals surface area contributed by atoms with Crippen LogP contribution in [0.5, 0.6) is 0 Å². The highest BCUT2D eigenvalue weighted by Crippen LogP contribution is 2.49. The maximum Gasteiger partial charge on any atom is 0.406 e. The van der Waals surface area contributed by atoms with Crippen LogP contribution >= 0.6 is 0 Å². The smallest absolute Gasteiger partial charge is 0.385 e. The molecule has 0 bridgehead atoms. The van der Waals surface area contributed by atoms with Gasteiger partial charge in [-0.15, -0.1) is 0 Å². The maximum absolute atomic E-state index is 12.5. The lowest BCUT2D eigenvalue weighted by molar-refractivity contribution is -0.167. The quantitative estimate of drug-likeness (QED) is 0.751.